The number of carbonyl (C=O) groups is 2. The molecule has 102 valence electrons. The standard InChI is InChI=1S/C12H12ClIN2O2S/c1-7(17)19-6-8-4-10(18)16(5-8)9-2-3-15-12(13)11(9)14/h2-3,8H,4-6H2,1H3. The monoisotopic (exact) mass is 410 g/mol. The summed E-state index contributed by atoms with van der Waals surface area (Å²) in [5.74, 6) is 0.978. The van der Waals surface area contributed by atoms with Gasteiger partial charge in [0.25, 0.3) is 0 Å². The van der Waals surface area contributed by atoms with E-state index in [0.29, 0.717) is 23.9 Å². The Morgan fingerprint density at radius 1 is 1.68 bits per heavy atom. The summed E-state index contributed by atoms with van der Waals surface area (Å²) in [4.78, 5) is 28.8. The fraction of sp³-hybridized carbons (Fsp3) is 0.417. The zero-order valence-electron chi connectivity index (χ0n) is 10.2. The van der Waals surface area contributed by atoms with Crippen molar-refractivity contribution >= 4 is 62.7 Å². The van der Waals surface area contributed by atoms with Crippen molar-refractivity contribution in [2.24, 2.45) is 5.92 Å². The van der Waals surface area contributed by atoms with Gasteiger partial charge in [-0.3, -0.25) is 9.59 Å². The van der Waals surface area contributed by atoms with Crippen LogP contribution >= 0.6 is 46.0 Å². The normalized spacial score (nSPS) is 19.0. The van der Waals surface area contributed by atoms with E-state index in [1.165, 1.54) is 11.8 Å². The van der Waals surface area contributed by atoms with Crippen molar-refractivity contribution in [2.45, 2.75) is 13.3 Å². The smallest absolute Gasteiger partial charge is 0.227 e. The maximum Gasteiger partial charge on any atom is 0.227 e. The van der Waals surface area contributed by atoms with Crippen LogP contribution in [0, 0.1) is 9.49 Å². The van der Waals surface area contributed by atoms with Crippen molar-refractivity contribution in [2.75, 3.05) is 17.2 Å². The lowest BCUT2D eigenvalue weighted by atomic mass is 10.1. The highest BCUT2D eigenvalue weighted by molar-refractivity contribution is 14.1. The van der Waals surface area contributed by atoms with E-state index in [2.05, 4.69) is 27.6 Å². The minimum absolute atomic E-state index is 0.0781. The molecule has 2 rings (SSSR count). The fourth-order valence-electron chi connectivity index (χ4n) is 1.98. The van der Waals surface area contributed by atoms with E-state index in [4.69, 9.17) is 11.6 Å². The Balaban J connectivity index is 2.11. The van der Waals surface area contributed by atoms with Crippen molar-refractivity contribution in [3.8, 4) is 0 Å². The van der Waals surface area contributed by atoms with Gasteiger partial charge >= 0.3 is 0 Å². The van der Waals surface area contributed by atoms with Gasteiger partial charge in [-0.2, -0.15) is 0 Å². The summed E-state index contributed by atoms with van der Waals surface area (Å²) in [6.45, 7) is 2.18. The highest BCUT2D eigenvalue weighted by Gasteiger charge is 2.32. The van der Waals surface area contributed by atoms with Crippen LogP contribution in [0.15, 0.2) is 12.3 Å². The first-order chi connectivity index (χ1) is 8.99. The van der Waals surface area contributed by atoms with Gasteiger partial charge in [-0.15, -0.1) is 0 Å². The summed E-state index contributed by atoms with van der Waals surface area (Å²) in [5, 5.41) is 0.500. The second-order valence-corrected chi connectivity index (χ2v) is 6.95. The lowest BCUT2D eigenvalue weighted by molar-refractivity contribution is -0.117. The van der Waals surface area contributed by atoms with Crippen LogP contribution in [0.25, 0.3) is 0 Å². The number of carbonyl (C=O) groups excluding carboxylic acids is 2. The summed E-state index contributed by atoms with van der Waals surface area (Å²) in [7, 11) is 0. The van der Waals surface area contributed by atoms with E-state index >= 15 is 0 Å². The summed E-state index contributed by atoms with van der Waals surface area (Å²) in [5.41, 5.74) is 0.806. The van der Waals surface area contributed by atoms with Crippen LogP contribution < -0.4 is 4.90 Å². The summed E-state index contributed by atoms with van der Waals surface area (Å²) < 4.78 is 0.787. The van der Waals surface area contributed by atoms with Gasteiger partial charge in [-0.1, -0.05) is 23.4 Å². The van der Waals surface area contributed by atoms with Crippen molar-refractivity contribution in [1.29, 1.82) is 0 Å². The number of aromatic nitrogens is 1. The first-order valence-corrected chi connectivity index (χ1v) is 8.17. The first kappa shape index (κ1) is 15.1. The van der Waals surface area contributed by atoms with Crippen LogP contribution in [0.1, 0.15) is 13.3 Å². The van der Waals surface area contributed by atoms with Crippen molar-refractivity contribution in [3.63, 3.8) is 0 Å². The summed E-state index contributed by atoms with van der Waals surface area (Å²) in [6.07, 6.45) is 2.08. The van der Waals surface area contributed by atoms with Gasteiger partial charge in [0, 0.05) is 31.8 Å². The molecule has 2 heterocycles. The molecule has 0 bridgehead atoms. The molecular formula is C12H12ClIN2O2S. The molecule has 1 amide bonds. The quantitative estimate of drug-likeness (QED) is 0.568. The minimum atomic E-state index is 0.0781. The van der Waals surface area contributed by atoms with E-state index in [0.717, 1.165) is 9.26 Å². The number of halogens is 2. The lowest BCUT2D eigenvalue weighted by Crippen LogP contribution is -2.25. The van der Waals surface area contributed by atoms with Gasteiger partial charge in [0.05, 0.1) is 9.26 Å². The molecule has 1 aromatic heterocycles. The molecule has 1 aliphatic rings. The number of pyridine rings is 1. The topological polar surface area (TPSA) is 50.3 Å². The molecule has 1 fully saturated rings. The Morgan fingerprint density at radius 3 is 3.11 bits per heavy atom. The van der Waals surface area contributed by atoms with E-state index in [1.807, 2.05) is 0 Å². The molecule has 0 spiro atoms. The minimum Gasteiger partial charge on any atom is -0.311 e. The zero-order valence-corrected chi connectivity index (χ0v) is 14.0. The molecule has 0 aliphatic carbocycles. The first-order valence-electron chi connectivity index (χ1n) is 5.72. The second kappa shape index (κ2) is 6.41. The number of thioether (sulfide) groups is 1. The largest absolute Gasteiger partial charge is 0.311 e. The van der Waals surface area contributed by atoms with Crippen LogP contribution in [0.4, 0.5) is 5.69 Å². The van der Waals surface area contributed by atoms with E-state index < -0.39 is 0 Å². The molecule has 0 aromatic carbocycles. The van der Waals surface area contributed by atoms with Crippen LogP contribution in [0.3, 0.4) is 0 Å². The van der Waals surface area contributed by atoms with Crippen LogP contribution in [-0.4, -0.2) is 28.3 Å². The maximum atomic E-state index is 12.1. The molecule has 7 heteroatoms. The Morgan fingerprint density at radius 2 is 2.42 bits per heavy atom. The molecular weight excluding hydrogens is 399 g/mol. The average molecular weight is 411 g/mol. The third-order valence-corrected chi connectivity index (χ3v) is 5.56. The number of rotatable bonds is 3. The lowest BCUT2D eigenvalue weighted by Gasteiger charge is -2.18. The molecule has 1 saturated heterocycles. The predicted molar refractivity (Wildman–Crippen MR) is 85.6 cm³/mol. The highest BCUT2D eigenvalue weighted by atomic mass is 127. The van der Waals surface area contributed by atoms with E-state index in [-0.39, 0.29) is 16.9 Å². The third-order valence-electron chi connectivity index (χ3n) is 2.84. The average Bonchev–Trinajstić information content (AvgIpc) is 2.71. The van der Waals surface area contributed by atoms with Crippen LogP contribution in [-0.2, 0) is 9.59 Å². The predicted octanol–water partition coefficient (Wildman–Crippen LogP) is 2.97. The van der Waals surface area contributed by atoms with Crippen molar-refractivity contribution < 1.29 is 9.59 Å². The van der Waals surface area contributed by atoms with Crippen LogP contribution in [0.2, 0.25) is 5.15 Å². The number of hydrogen-bond acceptors (Lipinski definition) is 4. The van der Waals surface area contributed by atoms with Crippen molar-refractivity contribution in [3.05, 3.63) is 21.0 Å². The van der Waals surface area contributed by atoms with Gasteiger partial charge in [-0.25, -0.2) is 4.98 Å². The third kappa shape index (κ3) is 3.61. The van der Waals surface area contributed by atoms with Gasteiger partial charge in [0.15, 0.2) is 5.12 Å². The van der Waals surface area contributed by atoms with Gasteiger partial charge in [0.2, 0.25) is 5.91 Å². The highest BCUT2D eigenvalue weighted by Crippen LogP contribution is 2.32. The molecule has 0 saturated carbocycles. The number of nitrogens with zero attached hydrogens (tertiary/aromatic N) is 2. The number of amides is 1. The Bertz CT molecular complexity index is 526. The second-order valence-electron chi connectivity index (χ2n) is 4.31. The molecule has 0 radical (unpaired) electrons. The van der Waals surface area contributed by atoms with Crippen LogP contribution in [0.5, 0.6) is 0 Å². The molecule has 4 nitrogen and oxygen atoms in total. The molecule has 19 heavy (non-hydrogen) atoms. The molecule has 1 atom stereocenters. The number of hydrogen-bond donors (Lipinski definition) is 0. The Hall–Kier alpha value is -0.340. The van der Waals surface area contributed by atoms with E-state index in [9.17, 15) is 9.59 Å². The molecule has 1 aromatic rings. The SMILES string of the molecule is CC(=O)SCC1CC(=O)N(c2ccnc(Cl)c2I)C1. The van der Waals surface area contributed by atoms with E-state index in [1.54, 1.807) is 24.1 Å². The van der Waals surface area contributed by atoms with Gasteiger partial charge < -0.3 is 4.90 Å². The summed E-state index contributed by atoms with van der Waals surface area (Å²) >= 11 is 9.35. The number of anilines is 1. The van der Waals surface area contributed by atoms with Gasteiger partial charge in [0.1, 0.15) is 5.15 Å². The maximum absolute atomic E-state index is 12.1. The molecule has 1 unspecified atom stereocenters. The fourth-order valence-corrected chi connectivity index (χ4v) is 3.44. The summed E-state index contributed by atoms with van der Waals surface area (Å²) in [6, 6.07) is 1.80. The molecule has 0 N–H and O–H groups in total. The van der Waals surface area contributed by atoms with Crippen molar-refractivity contribution in [1.82, 2.24) is 4.98 Å². The molecule has 1 aliphatic heterocycles. The zero-order chi connectivity index (χ0) is 14.0. The Kier molecular flexibility index (Phi) is 5.08. The van der Waals surface area contributed by atoms with Gasteiger partial charge in [-0.05, 0) is 34.6 Å². The Labute approximate surface area is 134 Å².